The van der Waals surface area contributed by atoms with Crippen LogP contribution in [0.3, 0.4) is 0 Å². The first-order chi connectivity index (χ1) is 27.8. The summed E-state index contributed by atoms with van der Waals surface area (Å²) in [7, 11) is -0.895. The molecule has 3 amide bonds. The molecule has 4 heterocycles. The van der Waals surface area contributed by atoms with Gasteiger partial charge in [0.2, 0.25) is 11.8 Å². The number of methoxy groups -OCH3 is 1. The minimum absolute atomic E-state index is 0.0207. The van der Waals surface area contributed by atoms with Gasteiger partial charge >= 0.3 is 0 Å². The van der Waals surface area contributed by atoms with E-state index in [0.29, 0.717) is 32.6 Å². The number of piperazine rings is 1. The molecule has 2 saturated heterocycles. The van der Waals surface area contributed by atoms with Gasteiger partial charge in [0.25, 0.3) is 5.91 Å². The van der Waals surface area contributed by atoms with Gasteiger partial charge in [-0.25, -0.2) is 0 Å². The van der Waals surface area contributed by atoms with Crippen LogP contribution >= 0.6 is 0 Å². The number of hydrogen-bond donors (Lipinski definition) is 2. The fourth-order valence-electron chi connectivity index (χ4n) is 10.00. The smallest absolute Gasteiger partial charge is 0.264 e. The van der Waals surface area contributed by atoms with Gasteiger partial charge in [0.15, 0.2) is 5.60 Å². The Morgan fingerprint density at radius 3 is 2.47 bits per heavy atom. The zero-order chi connectivity index (χ0) is 41.4. The summed E-state index contributed by atoms with van der Waals surface area (Å²) in [5, 5.41) is 14.9. The highest BCUT2D eigenvalue weighted by Gasteiger charge is 2.66. The maximum absolute atomic E-state index is 15.5. The second-order valence-corrected chi connectivity index (χ2v) is 22.1. The molecule has 3 aromatic carbocycles. The Labute approximate surface area is 344 Å². The topological polar surface area (TPSA) is 112 Å². The van der Waals surface area contributed by atoms with Crippen molar-refractivity contribution in [3.05, 3.63) is 107 Å². The minimum atomic E-state index is -2.55. The molecule has 58 heavy (non-hydrogen) atoms. The van der Waals surface area contributed by atoms with Crippen molar-refractivity contribution in [2.75, 3.05) is 49.7 Å². The number of nitrogens with one attached hydrogen (secondary N) is 1. The second kappa shape index (κ2) is 17.0. The molecule has 2 fully saturated rings. The third-order valence-electron chi connectivity index (χ3n) is 13.2. The summed E-state index contributed by atoms with van der Waals surface area (Å²) in [6, 6.07) is 21.9. The summed E-state index contributed by atoms with van der Waals surface area (Å²) < 4.78 is 12.9. The Morgan fingerprint density at radius 2 is 1.78 bits per heavy atom. The molecule has 11 heteroatoms. The van der Waals surface area contributed by atoms with Gasteiger partial charge in [-0.1, -0.05) is 84.9 Å². The number of carbonyl (C=O) groups is 3. The van der Waals surface area contributed by atoms with Crippen molar-refractivity contribution < 1.29 is 29.0 Å². The Morgan fingerprint density at radius 1 is 1.03 bits per heavy atom. The highest BCUT2D eigenvalue weighted by atomic mass is 28.3. The van der Waals surface area contributed by atoms with E-state index >= 15 is 4.79 Å². The number of carbonyl (C=O) groups excluding carboxylic acids is 3. The fraction of sp³-hybridized carbons (Fsp3) is 0.468. The van der Waals surface area contributed by atoms with Gasteiger partial charge in [-0.05, 0) is 87.0 Å². The quantitative estimate of drug-likeness (QED) is 0.165. The van der Waals surface area contributed by atoms with Crippen LogP contribution in [0.5, 0.6) is 5.75 Å². The summed E-state index contributed by atoms with van der Waals surface area (Å²) in [6.07, 6.45) is 6.27. The lowest BCUT2D eigenvalue weighted by molar-refractivity contribution is -0.150. The lowest BCUT2D eigenvalue weighted by Crippen LogP contribution is -2.52. The van der Waals surface area contributed by atoms with Gasteiger partial charge < -0.3 is 34.6 Å². The van der Waals surface area contributed by atoms with Gasteiger partial charge in [-0.2, -0.15) is 0 Å². The normalized spacial score (nSPS) is 24.6. The van der Waals surface area contributed by atoms with E-state index in [1.165, 1.54) is 16.3 Å². The molecule has 0 aromatic heterocycles. The van der Waals surface area contributed by atoms with Gasteiger partial charge in [-0.15, -0.1) is 0 Å². The van der Waals surface area contributed by atoms with E-state index < -0.39 is 19.8 Å². The first-order valence-electron chi connectivity index (χ1n) is 20.9. The zero-order valence-electron chi connectivity index (χ0n) is 35.2. The van der Waals surface area contributed by atoms with E-state index in [1.54, 1.807) is 12.0 Å². The highest BCUT2D eigenvalue weighted by Crippen LogP contribution is 2.60. The Kier molecular flexibility index (Phi) is 12.2. The molecule has 3 aromatic rings. The van der Waals surface area contributed by atoms with E-state index in [1.807, 2.05) is 52.3 Å². The van der Waals surface area contributed by atoms with E-state index in [4.69, 9.17) is 9.47 Å². The lowest BCUT2D eigenvalue weighted by Gasteiger charge is -2.39. The summed E-state index contributed by atoms with van der Waals surface area (Å²) in [6.45, 7) is 15.2. The molecule has 7 rings (SSSR count). The Balaban J connectivity index is 1.32. The average molecular weight is 805 g/mol. The van der Waals surface area contributed by atoms with E-state index in [0.717, 1.165) is 46.7 Å². The third kappa shape index (κ3) is 7.69. The standard InChI is InChI=1S/C47H60N4O6Si/c1-31(2)11-10-12-32(3)21-23-50-41-20-15-36(49-24-22-48-28-44(49)54)26-40(41)47(46(50)55)33(4)45(58(6,7)39-18-16-38(56-5)17-19-39)42(57-47)27-43(53)51-29-35-14-9-8-13-34(35)25-37(51)30-52/h8-9,11,13-21,26,33,37,42,45,48,52H,10,12,22-25,27-30H2,1-7H3/b32-21+/t33-,37+,42+,45-,47+/m1/s1. The fourth-order valence-corrected chi connectivity index (χ4v) is 14.0. The van der Waals surface area contributed by atoms with Crippen LogP contribution in [0.15, 0.2) is 90.0 Å². The van der Waals surface area contributed by atoms with E-state index in [2.05, 4.69) is 82.5 Å². The van der Waals surface area contributed by atoms with Crippen LogP contribution in [0.1, 0.15) is 63.6 Å². The molecule has 2 N–H and O–H groups in total. The number of aliphatic hydroxyl groups excluding tert-OH is 1. The number of allylic oxidation sites excluding steroid dienone is 3. The molecule has 1 spiro atoms. The number of ether oxygens (including phenoxy) is 2. The molecule has 0 saturated carbocycles. The number of benzene rings is 3. The number of rotatable bonds is 12. The number of amides is 3. The molecule has 5 atom stereocenters. The van der Waals surface area contributed by atoms with E-state index in [9.17, 15) is 14.7 Å². The zero-order valence-corrected chi connectivity index (χ0v) is 36.2. The summed E-state index contributed by atoms with van der Waals surface area (Å²) >= 11 is 0. The number of fused-ring (bicyclic) bond motifs is 3. The van der Waals surface area contributed by atoms with Crippen LogP contribution in [-0.2, 0) is 37.7 Å². The Bertz CT molecular complexity index is 2090. The number of hydrogen-bond acceptors (Lipinski definition) is 7. The molecule has 0 unspecified atom stereocenters. The SMILES string of the molecule is COc1ccc([Si](C)(C)[C@H]2[C@H](CC(=O)N3Cc4ccccc4C[C@H]3CO)O[C@@]3(C(=O)N(C/C=C(\C)CCC=C(C)C)c4ccc(N5CCNCC5=O)cc43)[C@@H]2C)cc1. The van der Waals surface area contributed by atoms with Gasteiger partial charge in [0, 0.05) is 43.3 Å². The van der Waals surface area contributed by atoms with Crippen LogP contribution in [0, 0.1) is 5.92 Å². The van der Waals surface area contributed by atoms with Crippen LogP contribution in [0.4, 0.5) is 11.4 Å². The van der Waals surface area contributed by atoms with Crippen LogP contribution in [0.25, 0.3) is 0 Å². The van der Waals surface area contributed by atoms with Crippen molar-refractivity contribution in [2.24, 2.45) is 5.92 Å². The van der Waals surface area contributed by atoms with Crippen molar-refractivity contribution in [3.63, 3.8) is 0 Å². The number of nitrogens with zero attached hydrogens (tertiary/aromatic N) is 3. The van der Waals surface area contributed by atoms with Crippen LogP contribution in [0.2, 0.25) is 18.6 Å². The first-order valence-corrected chi connectivity index (χ1v) is 23.9. The molecule has 308 valence electrons. The van der Waals surface area contributed by atoms with Crippen molar-refractivity contribution >= 4 is 42.4 Å². The van der Waals surface area contributed by atoms with Crippen LogP contribution in [-0.4, -0.2) is 87.8 Å². The van der Waals surface area contributed by atoms with Crippen molar-refractivity contribution in [3.8, 4) is 5.75 Å². The molecule has 0 radical (unpaired) electrons. The summed E-state index contributed by atoms with van der Waals surface area (Å²) in [4.78, 5) is 48.9. The maximum Gasteiger partial charge on any atom is 0.264 e. The van der Waals surface area contributed by atoms with Gasteiger partial charge in [0.05, 0.1) is 52.6 Å². The summed E-state index contributed by atoms with van der Waals surface area (Å²) in [5.41, 5.74) is 5.44. The molecule has 4 aliphatic heterocycles. The summed E-state index contributed by atoms with van der Waals surface area (Å²) in [5.74, 6) is 0.199. The molecular weight excluding hydrogens is 745 g/mol. The van der Waals surface area contributed by atoms with Crippen molar-refractivity contribution in [2.45, 2.75) is 96.3 Å². The number of anilines is 2. The van der Waals surface area contributed by atoms with Crippen molar-refractivity contribution in [1.82, 2.24) is 10.2 Å². The highest BCUT2D eigenvalue weighted by molar-refractivity contribution is 6.91. The predicted molar refractivity (Wildman–Crippen MR) is 232 cm³/mol. The average Bonchev–Trinajstić information content (AvgIpc) is 3.64. The number of aliphatic hydroxyl groups is 1. The maximum atomic E-state index is 15.5. The van der Waals surface area contributed by atoms with Gasteiger partial charge in [0.1, 0.15) is 5.75 Å². The molecule has 0 bridgehead atoms. The molecule has 0 aliphatic carbocycles. The minimum Gasteiger partial charge on any atom is -0.497 e. The lowest BCUT2D eigenvalue weighted by atomic mass is 9.82. The second-order valence-electron chi connectivity index (χ2n) is 17.4. The van der Waals surface area contributed by atoms with Gasteiger partial charge in [-0.3, -0.25) is 14.4 Å². The van der Waals surface area contributed by atoms with E-state index in [-0.39, 0.29) is 54.8 Å². The molecule has 10 nitrogen and oxygen atoms in total. The molecular formula is C47H60N4O6Si. The van der Waals surface area contributed by atoms with Crippen molar-refractivity contribution in [1.29, 1.82) is 0 Å². The first kappa shape index (κ1) is 41.6. The largest absolute Gasteiger partial charge is 0.497 e. The monoisotopic (exact) mass is 804 g/mol. The third-order valence-corrected chi connectivity index (χ3v) is 17.6. The van der Waals surface area contributed by atoms with Crippen LogP contribution < -0.4 is 25.0 Å². The Hall–Kier alpha value is -4.55. The predicted octanol–water partition coefficient (Wildman–Crippen LogP) is 6.22. The molecule has 4 aliphatic rings.